The Morgan fingerprint density at radius 1 is 1.80 bits per heavy atom. The maximum absolute atomic E-state index is 10.6. The van der Waals surface area contributed by atoms with Gasteiger partial charge >= 0.3 is 5.97 Å². The van der Waals surface area contributed by atoms with Crippen LogP contribution in [0, 0.1) is 10.1 Å². The standard InChI is InChI=1S/C8H9N3O4/c1-6(8(12)13)10-4-2-7(9-10)3-5-11(14)15/h2-6H,1H3,(H,12,13)/b5-3+. The van der Waals surface area contributed by atoms with Crippen LogP contribution >= 0.6 is 0 Å². The van der Waals surface area contributed by atoms with E-state index in [2.05, 4.69) is 5.10 Å². The summed E-state index contributed by atoms with van der Waals surface area (Å²) in [5.41, 5.74) is 0.347. The minimum atomic E-state index is -1.01. The van der Waals surface area contributed by atoms with Gasteiger partial charge in [-0.05, 0) is 13.0 Å². The number of hydrogen-bond donors (Lipinski definition) is 1. The molecule has 0 fully saturated rings. The normalized spacial score (nSPS) is 12.9. The Hall–Kier alpha value is -2.18. The lowest BCUT2D eigenvalue weighted by atomic mass is 10.4. The highest BCUT2D eigenvalue weighted by atomic mass is 16.6. The highest BCUT2D eigenvalue weighted by Crippen LogP contribution is 2.06. The fourth-order valence-electron chi connectivity index (χ4n) is 0.908. The van der Waals surface area contributed by atoms with Crippen LogP contribution < -0.4 is 0 Å². The second kappa shape index (κ2) is 4.36. The summed E-state index contributed by atoms with van der Waals surface area (Å²) in [5.74, 6) is -1.01. The van der Waals surface area contributed by atoms with Crippen LogP contribution in [0.1, 0.15) is 18.7 Å². The average Bonchev–Trinajstić information content (AvgIpc) is 2.61. The van der Waals surface area contributed by atoms with Crippen molar-refractivity contribution < 1.29 is 14.8 Å². The number of hydrogen-bond acceptors (Lipinski definition) is 4. The molecule has 0 amide bonds. The highest BCUT2D eigenvalue weighted by Gasteiger charge is 2.13. The number of carboxylic acids is 1. The van der Waals surface area contributed by atoms with Gasteiger partial charge in [0.05, 0.1) is 10.6 Å². The first-order chi connectivity index (χ1) is 7.00. The molecule has 0 radical (unpaired) electrons. The van der Waals surface area contributed by atoms with Crippen LogP contribution in [-0.2, 0) is 4.79 Å². The molecule has 0 aliphatic heterocycles. The zero-order valence-electron chi connectivity index (χ0n) is 7.90. The second-order valence-corrected chi connectivity index (χ2v) is 2.84. The Bertz CT molecular complexity index is 410. The van der Waals surface area contributed by atoms with Gasteiger partial charge in [0.25, 0.3) is 0 Å². The molecule has 0 aliphatic rings. The van der Waals surface area contributed by atoms with E-state index in [-0.39, 0.29) is 0 Å². The summed E-state index contributed by atoms with van der Waals surface area (Å²) in [6.07, 6.45) is 3.40. The molecular formula is C8H9N3O4. The molecule has 0 aliphatic carbocycles. The first-order valence-corrected chi connectivity index (χ1v) is 4.10. The van der Waals surface area contributed by atoms with Gasteiger partial charge in [-0.3, -0.25) is 14.8 Å². The smallest absolute Gasteiger partial charge is 0.328 e. The molecule has 0 saturated carbocycles. The van der Waals surface area contributed by atoms with Crippen LogP contribution in [0.15, 0.2) is 18.5 Å². The Morgan fingerprint density at radius 2 is 2.47 bits per heavy atom. The largest absolute Gasteiger partial charge is 0.480 e. The lowest BCUT2D eigenvalue weighted by Crippen LogP contribution is -2.15. The summed E-state index contributed by atoms with van der Waals surface area (Å²) in [4.78, 5) is 20.0. The average molecular weight is 211 g/mol. The van der Waals surface area contributed by atoms with Crippen molar-refractivity contribution in [1.29, 1.82) is 0 Å². The van der Waals surface area contributed by atoms with E-state index in [9.17, 15) is 14.9 Å². The topological polar surface area (TPSA) is 98.3 Å². The zero-order chi connectivity index (χ0) is 11.4. The molecule has 0 saturated heterocycles. The van der Waals surface area contributed by atoms with E-state index < -0.39 is 16.9 Å². The van der Waals surface area contributed by atoms with Gasteiger partial charge in [0.15, 0.2) is 0 Å². The third-order valence-corrected chi connectivity index (χ3v) is 1.75. The van der Waals surface area contributed by atoms with Crippen molar-refractivity contribution in [2.24, 2.45) is 0 Å². The van der Waals surface area contributed by atoms with Crippen LogP contribution in [0.3, 0.4) is 0 Å². The van der Waals surface area contributed by atoms with Gasteiger partial charge in [0, 0.05) is 12.3 Å². The molecule has 1 atom stereocenters. The summed E-state index contributed by atoms with van der Waals surface area (Å²) in [7, 11) is 0. The highest BCUT2D eigenvalue weighted by molar-refractivity contribution is 5.71. The Morgan fingerprint density at radius 3 is 3.00 bits per heavy atom. The molecule has 1 unspecified atom stereocenters. The number of carbonyl (C=O) groups is 1. The van der Waals surface area contributed by atoms with E-state index in [1.807, 2.05) is 0 Å². The third kappa shape index (κ3) is 2.90. The van der Waals surface area contributed by atoms with Gasteiger partial charge in [-0.1, -0.05) is 0 Å². The molecule has 1 heterocycles. The number of nitro groups is 1. The van der Waals surface area contributed by atoms with Crippen molar-refractivity contribution in [3.63, 3.8) is 0 Å². The second-order valence-electron chi connectivity index (χ2n) is 2.84. The quantitative estimate of drug-likeness (QED) is 0.586. The van der Waals surface area contributed by atoms with Gasteiger partial charge in [-0.25, -0.2) is 4.79 Å². The van der Waals surface area contributed by atoms with E-state index >= 15 is 0 Å². The molecule has 0 spiro atoms. The molecule has 1 aromatic rings. The predicted molar refractivity (Wildman–Crippen MR) is 50.6 cm³/mol. The third-order valence-electron chi connectivity index (χ3n) is 1.75. The Balaban J connectivity index is 2.81. The van der Waals surface area contributed by atoms with Crippen molar-refractivity contribution in [3.8, 4) is 0 Å². The minimum absolute atomic E-state index is 0.347. The van der Waals surface area contributed by atoms with Crippen LogP contribution in [0.2, 0.25) is 0 Å². The van der Waals surface area contributed by atoms with Crippen LogP contribution in [0.5, 0.6) is 0 Å². The summed E-state index contributed by atoms with van der Waals surface area (Å²) >= 11 is 0. The fraction of sp³-hybridized carbons (Fsp3) is 0.250. The number of aromatic nitrogens is 2. The molecule has 7 nitrogen and oxygen atoms in total. The SMILES string of the molecule is CC(C(=O)O)n1ccc(/C=C/[N+](=O)[O-])n1. The summed E-state index contributed by atoms with van der Waals surface area (Å²) < 4.78 is 1.22. The molecule has 80 valence electrons. The molecule has 1 rings (SSSR count). The Kier molecular flexibility index (Phi) is 3.17. The lowest BCUT2D eigenvalue weighted by Gasteiger charge is -2.04. The van der Waals surface area contributed by atoms with E-state index in [1.165, 1.54) is 29.9 Å². The first-order valence-electron chi connectivity index (χ1n) is 4.10. The molecule has 15 heavy (non-hydrogen) atoms. The Labute approximate surface area is 84.8 Å². The van der Waals surface area contributed by atoms with Crippen LogP contribution in [0.25, 0.3) is 6.08 Å². The van der Waals surface area contributed by atoms with Gasteiger partial charge in [0.1, 0.15) is 6.04 Å². The van der Waals surface area contributed by atoms with Gasteiger partial charge in [0.2, 0.25) is 6.20 Å². The number of rotatable bonds is 4. The maximum atomic E-state index is 10.6. The van der Waals surface area contributed by atoms with Crippen molar-refractivity contribution >= 4 is 12.0 Å². The van der Waals surface area contributed by atoms with Crippen LogP contribution in [0.4, 0.5) is 0 Å². The molecule has 7 heteroatoms. The minimum Gasteiger partial charge on any atom is -0.480 e. The van der Waals surface area contributed by atoms with E-state index in [0.29, 0.717) is 5.69 Å². The fourth-order valence-corrected chi connectivity index (χ4v) is 0.908. The monoisotopic (exact) mass is 211 g/mol. The molecule has 0 bridgehead atoms. The van der Waals surface area contributed by atoms with Crippen molar-refractivity contribution in [2.75, 3.05) is 0 Å². The number of carboxylic acid groups (broad SMARTS) is 1. The first kappa shape index (κ1) is 10.9. The van der Waals surface area contributed by atoms with E-state index in [1.54, 1.807) is 0 Å². The molecule has 1 N–H and O–H groups in total. The zero-order valence-corrected chi connectivity index (χ0v) is 7.90. The van der Waals surface area contributed by atoms with Gasteiger partial charge in [-0.15, -0.1) is 0 Å². The maximum Gasteiger partial charge on any atom is 0.328 e. The molecular weight excluding hydrogens is 202 g/mol. The lowest BCUT2D eigenvalue weighted by molar-refractivity contribution is -0.401. The molecule has 0 aromatic carbocycles. The van der Waals surface area contributed by atoms with Crippen molar-refractivity contribution in [2.45, 2.75) is 13.0 Å². The van der Waals surface area contributed by atoms with Gasteiger partial charge < -0.3 is 5.11 Å². The number of aliphatic carboxylic acids is 1. The van der Waals surface area contributed by atoms with Crippen molar-refractivity contribution in [1.82, 2.24) is 9.78 Å². The van der Waals surface area contributed by atoms with Crippen molar-refractivity contribution in [3.05, 3.63) is 34.3 Å². The summed E-state index contributed by atoms with van der Waals surface area (Å²) in [5, 5.41) is 22.5. The molecule has 1 aromatic heterocycles. The van der Waals surface area contributed by atoms with E-state index in [0.717, 1.165) is 6.20 Å². The number of nitrogens with zero attached hydrogens (tertiary/aromatic N) is 3. The summed E-state index contributed by atoms with van der Waals surface area (Å²) in [6.45, 7) is 1.47. The van der Waals surface area contributed by atoms with Crippen LogP contribution in [-0.4, -0.2) is 25.8 Å². The van der Waals surface area contributed by atoms with E-state index in [4.69, 9.17) is 5.11 Å². The predicted octanol–water partition coefficient (Wildman–Crippen LogP) is 0.776. The van der Waals surface area contributed by atoms with Gasteiger partial charge in [-0.2, -0.15) is 5.10 Å². The summed E-state index contributed by atoms with van der Waals surface area (Å²) in [6, 6.07) is 0.710.